The topological polar surface area (TPSA) is 104 Å². The summed E-state index contributed by atoms with van der Waals surface area (Å²) in [4.78, 5) is 19.3. The molecule has 5 rings (SSSR count). The van der Waals surface area contributed by atoms with E-state index < -0.39 is 10.0 Å². The fraction of sp³-hybridized carbons (Fsp3) is 0.320. The number of ether oxygens (including phenoxy) is 1. The minimum Gasteiger partial charge on any atom is -0.497 e. The van der Waals surface area contributed by atoms with Gasteiger partial charge in [-0.15, -0.1) is 0 Å². The lowest BCUT2D eigenvalue weighted by Gasteiger charge is -2.31. The predicted octanol–water partition coefficient (Wildman–Crippen LogP) is 2.75. The van der Waals surface area contributed by atoms with Crippen molar-refractivity contribution in [2.45, 2.75) is 17.7 Å². The zero-order valence-corrected chi connectivity index (χ0v) is 20.6. The van der Waals surface area contributed by atoms with Gasteiger partial charge in [0, 0.05) is 62.3 Å². The van der Waals surface area contributed by atoms with Crippen LogP contribution in [0.3, 0.4) is 0 Å². The first-order valence-corrected chi connectivity index (χ1v) is 13.0. The van der Waals surface area contributed by atoms with E-state index in [1.807, 2.05) is 37.4 Å². The summed E-state index contributed by atoms with van der Waals surface area (Å²) in [6, 6.07) is 12.7. The molecule has 0 spiro atoms. The number of aryl methyl sites for hydroxylation is 2. The van der Waals surface area contributed by atoms with Crippen LogP contribution in [-0.4, -0.2) is 77.9 Å². The van der Waals surface area contributed by atoms with Crippen LogP contribution in [0.1, 0.15) is 11.5 Å². The fourth-order valence-corrected chi connectivity index (χ4v) is 5.61. The molecule has 0 unspecified atom stereocenters. The summed E-state index contributed by atoms with van der Waals surface area (Å²) in [6.45, 7) is 2.50. The number of rotatable bonds is 7. The van der Waals surface area contributed by atoms with Gasteiger partial charge in [-0.1, -0.05) is 12.1 Å². The lowest BCUT2D eigenvalue weighted by atomic mass is 10.1. The van der Waals surface area contributed by atoms with E-state index in [4.69, 9.17) is 9.72 Å². The first-order chi connectivity index (χ1) is 16.9. The minimum absolute atomic E-state index is 0.313. The van der Waals surface area contributed by atoms with Gasteiger partial charge in [-0.25, -0.2) is 18.4 Å². The molecule has 1 aliphatic heterocycles. The van der Waals surface area contributed by atoms with Crippen LogP contribution in [0.25, 0.3) is 22.3 Å². The Kier molecular flexibility index (Phi) is 6.50. The van der Waals surface area contributed by atoms with Crippen LogP contribution in [0.5, 0.6) is 5.75 Å². The molecule has 1 aliphatic rings. The van der Waals surface area contributed by atoms with Crippen molar-refractivity contribution in [3.05, 3.63) is 66.4 Å². The molecule has 1 N–H and O–H groups in total. The van der Waals surface area contributed by atoms with Crippen molar-refractivity contribution in [2.75, 3.05) is 40.3 Å². The summed E-state index contributed by atoms with van der Waals surface area (Å²) in [5, 5.41) is 0. The maximum Gasteiger partial charge on any atom is 0.243 e. The third-order valence-electron chi connectivity index (χ3n) is 6.32. The molecular weight excluding hydrogens is 464 g/mol. The Bertz CT molecular complexity index is 1430. The third-order valence-corrected chi connectivity index (χ3v) is 8.23. The summed E-state index contributed by atoms with van der Waals surface area (Å²) in [5.41, 5.74) is 4.20. The Balaban J connectivity index is 1.31. The number of imidazole rings is 1. The number of likely N-dealkylation sites (N-methyl/N-ethyl adjacent to an activating group) is 1. The smallest absolute Gasteiger partial charge is 0.243 e. The molecule has 4 aromatic rings. The lowest BCUT2D eigenvalue weighted by Crippen LogP contribution is -2.46. The van der Waals surface area contributed by atoms with Gasteiger partial charge in [0.2, 0.25) is 10.0 Å². The average molecular weight is 493 g/mol. The SMILES string of the molecule is COc1ccnc(CCc2nc3cc(-c4ccc(S(=O)(=O)N5CCN(C)CC5)cc4)cnc3[nH]2)c1. The summed E-state index contributed by atoms with van der Waals surface area (Å²) in [5.74, 6) is 1.62. The van der Waals surface area contributed by atoms with Crippen LogP contribution in [0.4, 0.5) is 0 Å². The predicted molar refractivity (Wildman–Crippen MR) is 134 cm³/mol. The second-order valence-corrected chi connectivity index (χ2v) is 10.6. The number of methoxy groups -OCH3 is 1. The first-order valence-electron chi connectivity index (χ1n) is 11.5. The number of hydrogen-bond acceptors (Lipinski definition) is 7. The van der Waals surface area contributed by atoms with Crippen LogP contribution in [0.15, 0.2) is 59.8 Å². The maximum atomic E-state index is 13.0. The molecular formula is C25H28N6O3S. The largest absolute Gasteiger partial charge is 0.497 e. The molecule has 35 heavy (non-hydrogen) atoms. The molecule has 0 bridgehead atoms. The maximum absolute atomic E-state index is 13.0. The highest BCUT2D eigenvalue weighted by Gasteiger charge is 2.27. The minimum atomic E-state index is -3.49. The van der Waals surface area contributed by atoms with E-state index in [0.29, 0.717) is 24.4 Å². The molecule has 1 fully saturated rings. The van der Waals surface area contributed by atoms with Crippen LogP contribution in [0, 0.1) is 0 Å². The normalized spacial score (nSPS) is 15.5. The van der Waals surface area contributed by atoms with Gasteiger partial charge in [0.25, 0.3) is 0 Å². The Morgan fingerprint density at radius 3 is 2.49 bits per heavy atom. The highest BCUT2D eigenvalue weighted by Crippen LogP contribution is 2.25. The van der Waals surface area contributed by atoms with Crippen molar-refractivity contribution in [1.29, 1.82) is 0 Å². The lowest BCUT2D eigenvalue weighted by molar-refractivity contribution is 0.222. The molecule has 0 amide bonds. The number of H-pyrrole nitrogens is 1. The Morgan fingerprint density at radius 2 is 1.74 bits per heavy atom. The van der Waals surface area contributed by atoms with Crippen LogP contribution in [0.2, 0.25) is 0 Å². The zero-order chi connectivity index (χ0) is 24.4. The number of nitrogens with one attached hydrogen (secondary N) is 1. The van der Waals surface area contributed by atoms with Crippen molar-refractivity contribution < 1.29 is 13.2 Å². The van der Waals surface area contributed by atoms with Crippen molar-refractivity contribution >= 4 is 21.2 Å². The number of fused-ring (bicyclic) bond motifs is 1. The molecule has 1 saturated heterocycles. The standard InChI is InChI=1S/C25H28N6O3S/c1-30-11-13-31(14-12-30)35(32,33)22-6-3-18(4-7-22)19-15-23-25(27-17-19)29-24(28-23)8-5-20-16-21(34-2)9-10-26-20/h3-4,6-7,9-10,15-17H,5,8,11-14H2,1-2H3,(H,27,28,29). The third kappa shape index (κ3) is 5.04. The van der Waals surface area contributed by atoms with Crippen molar-refractivity contribution in [2.24, 2.45) is 0 Å². The number of nitrogens with zero attached hydrogens (tertiary/aromatic N) is 5. The molecule has 0 atom stereocenters. The van der Waals surface area contributed by atoms with Gasteiger partial charge >= 0.3 is 0 Å². The summed E-state index contributed by atoms with van der Waals surface area (Å²) < 4.78 is 32.8. The monoisotopic (exact) mass is 492 g/mol. The van der Waals surface area contributed by atoms with E-state index in [0.717, 1.165) is 59.1 Å². The van der Waals surface area contributed by atoms with Gasteiger partial charge in [0.1, 0.15) is 17.1 Å². The van der Waals surface area contributed by atoms with Gasteiger partial charge < -0.3 is 14.6 Å². The fourth-order valence-electron chi connectivity index (χ4n) is 4.18. The van der Waals surface area contributed by atoms with Gasteiger partial charge in [0.05, 0.1) is 12.0 Å². The number of piperazine rings is 1. The van der Waals surface area contributed by atoms with Gasteiger partial charge in [0.15, 0.2) is 5.65 Å². The van der Waals surface area contributed by atoms with E-state index in [1.165, 1.54) is 0 Å². The molecule has 3 aromatic heterocycles. The van der Waals surface area contributed by atoms with Crippen LogP contribution >= 0.6 is 0 Å². The van der Waals surface area contributed by atoms with E-state index >= 15 is 0 Å². The summed E-state index contributed by atoms with van der Waals surface area (Å²) >= 11 is 0. The van der Waals surface area contributed by atoms with E-state index in [-0.39, 0.29) is 0 Å². The first kappa shape index (κ1) is 23.4. The number of benzene rings is 1. The van der Waals surface area contributed by atoms with E-state index in [9.17, 15) is 8.42 Å². The number of sulfonamides is 1. The van der Waals surface area contributed by atoms with Gasteiger partial charge in [-0.05, 0) is 43.3 Å². The quantitative estimate of drug-likeness (QED) is 0.423. The molecule has 10 heteroatoms. The molecule has 9 nitrogen and oxygen atoms in total. The van der Waals surface area contributed by atoms with Crippen molar-refractivity contribution in [1.82, 2.24) is 29.1 Å². The number of hydrogen-bond donors (Lipinski definition) is 1. The van der Waals surface area contributed by atoms with E-state index in [2.05, 4.69) is 19.9 Å². The van der Waals surface area contributed by atoms with Crippen LogP contribution in [-0.2, 0) is 22.9 Å². The average Bonchev–Trinajstić information content (AvgIpc) is 3.30. The van der Waals surface area contributed by atoms with Gasteiger partial charge in [-0.3, -0.25) is 4.98 Å². The zero-order valence-electron chi connectivity index (χ0n) is 19.8. The molecule has 4 heterocycles. The van der Waals surface area contributed by atoms with Crippen LogP contribution < -0.4 is 4.74 Å². The molecule has 1 aromatic carbocycles. The molecule has 0 saturated carbocycles. The van der Waals surface area contributed by atoms with Crippen molar-refractivity contribution in [3.63, 3.8) is 0 Å². The Morgan fingerprint density at radius 1 is 0.971 bits per heavy atom. The number of pyridine rings is 2. The molecule has 0 radical (unpaired) electrons. The summed E-state index contributed by atoms with van der Waals surface area (Å²) in [7, 11) is 0.156. The second kappa shape index (κ2) is 9.73. The van der Waals surface area contributed by atoms with Crippen molar-refractivity contribution in [3.8, 4) is 16.9 Å². The molecule has 0 aliphatic carbocycles. The van der Waals surface area contributed by atoms with Gasteiger partial charge in [-0.2, -0.15) is 4.31 Å². The Labute approximate surface area is 204 Å². The highest BCUT2D eigenvalue weighted by atomic mass is 32.2. The summed E-state index contributed by atoms with van der Waals surface area (Å²) in [6.07, 6.45) is 4.94. The Hall–Kier alpha value is -3.34. The number of aromatic amines is 1. The highest BCUT2D eigenvalue weighted by molar-refractivity contribution is 7.89. The number of aromatic nitrogens is 4. The molecule has 182 valence electrons. The second-order valence-electron chi connectivity index (χ2n) is 8.69. The van der Waals surface area contributed by atoms with E-state index in [1.54, 1.807) is 35.9 Å².